The smallest absolute Gasteiger partial charge is 0.351 e. The lowest BCUT2D eigenvalue weighted by Crippen LogP contribution is -2.24. The van der Waals surface area contributed by atoms with Gasteiger partial charge in [0.1, 0.15) is 5.75 Å². The quantitative estimate of drug-likeness (QED) is 0.822. The van der Waals surface area contributed by atoms with E-state index in [0.29, 0.717) is 30.2 Å². The van der Waals surface area contributed by atoms with Crippen molar-refractivity contribution in [2.24, 2.45) is 5.73 Å². The summed E-state index contributed by atoms with van der Waals surface area (Å²) < 4.78 is 11.3. The average molecular weight is 246 g/mol. The molecule has 5 nitrogen and oxygen atoms in total. The van der Waals surface area contributed by atoms with Crippen LogP contribution < -0.4 is 15.2 Å². The number of nitrogens with two attached hydrogens (primary N) is 1. The summed E-state index contributed by atoms with van der Waals surface area (Å²) in [6.45, 7) is 0.425. The normalized spacial score (nSPS) is 17.4. The monoisotopic (exact) mass is 245 g/mol. The average Bonchev–Trinajstić information content (AvgIpc) is 2.56. The Morgan fingerprint density at radius 3 is 2.94 bits per heavy atom. The molecule has 0 saturated carbocycles. The van der Waals surface area contributed by atoms with Gasteiger partial charge in [0.15, 0.2) is 0 Å². The SMILES string of the molecule is COc1ccc2c(c1)[N+](=O)C(CCN)O2.Cl. The highest BCUT2D eigenvalue weighted by Crippen LogP contribution is 2.38. The van der Waals surface area contributed by atoms with Crippen LogP contribution in [-0.2, 0) is 0 Å². The molecule has 1 aromatic rings. The van der Waals surface area contributed by atoms with Crippen molar-refractivity contribution in [2.45, 2.75) is 12.6 Å². The number of methoxy groups -OCH3 is 1. The zero-order valence-corrected chi connectivity index (χ0v) is 9.70. The molecule has 1 aliphatic rings. The summed E-state index contributed by atoms with van der Waals surface area (Å²) >= 11 is 0. The van der Waals surface area contributed by atoms with Gasteiger partial charge in [-0.2, -0.15) is 0 Å². The van der Waals surface area contributed by atoms with Crippen molar-refractivity contribution in [3.8, 4) is 11.5 Å². The molecule has 1 aliphatic heterocycles. The van der Waals surface area contributed by atoms with Gasteiger partial charge in [-0.1, -0.05) is 0 Å². The second kappa shape index (κ2) is 5.14. The molecule has 1 unspecified atom stereocenters. The third-order valence-corrected chi connectivity index (χ3v) is 2.34. The first-order valence-electron chi connectivity index (χ1n) is 4.77. The fourth-order valence-electron chi connectivity index (χ4n) is 1.56. The van der Waals surface area contributed by atoms with Crippen molar-refractivity contribution in [3.63, 3.8) is 0 Å². The maximum atomic E-state index is 11.7. The van der Waals surface area contributed by atoms with E-state index >= 15 is 0 Å². The van der Waals surface area contributed by atoms with E-state index in [1.165, 1.54) is 0 Å². The number of halogens is 1. The molecule has 0 spiro atoms. The molecule has 1 atom stereocenters. The predicted molar refractivity (Wildman–Crippen MR) is 61.6 cm³/mol. The zero-order valence-electron chi connectivity index (χ0n) is 8.88. The van der Waals surface area contributed by atoms with Crippen LogP contribution in [0.25, 0.3) is 0 Å². The van der Waals surface area contributed by atoms with Crippen molar-refractivity contribution in [3.05, 3.63) is 23.1 Å². The number of benzene rings is 1. The number of nitroso groups, excluding NO2 is 1. The highest BCUT2D eigenvalue weighted by Gasteiger charge is 2.40. The minimum Gasteiger partial charge on any atom is -0.496 e. The topological polar surface area (TPSA) is 64.6 Å². The van der Waals surface area contributed by atoms with E-state index in [1.54, 1.807) is 25.3 Å². The summed E-state index contributed by atoms with van der Waals surface area (Å²) in [6.07, 6.45) is 0.0117. The molecule has 0 aromatic heterocycles. The Morgan fingerprint density at radius 1 is 1.56 bits per heavy atom. The number of ether oxygens (including phenoxy) is 2. The summed E-state index contributed by atoms with van der Waals surface area (Å²) in [4.78, 5) is 11.7. The van der Waals surface area contributed by atoms with Crippen LogP contribution in [0.5, 0.6) is 11.5 Å². The van der Waals surface area contributed by atoms with Gasteiger partial charge >= 0.3 is 11.9 Å². The standard InChI is InChI=1S/C10H13N2O3.ClH/c1-14-7-2-3-9-8(6-7)12(13)10(15-9)4-5-11;/h2-3,6,10H,4-5,11H2,1H3;1H/q+1;. The first-order valence-corrected chi connectivity index (χ1v) is 4.77. The second-order valence-electron chi connectivity index (χ2n) is 3.31. The molecule has 1 aromatic carbocycles. The molecular weight excluding hydrogens is 232 g/mol. The Kier molecular flexibility index (Phi) is 4.09. The van der Waals surface area contributed by atoms with E-state index in [4.69, 9.17) is 15.2 Å². The van der Waals surface area contributed by atoms with E-state index in [2.05, 4.69) is 0 Å². The van der Waals surface area contributed by atoms with Gasteiger partial charge in [0.2, 0.25) is 5.75 Å². The van der Waals surface area contributed by atoms with Gasteiger partial charge in [-0.3, -0.25) is 0 Å². The fourth-order valence-corrected chi connectivity index (χ4v) is 1.56. The van der Waals surface area contributed by atoms with E-state index in [-0.39, 0.29) is 12.4 Å². The highest BCUT2D eigenvalue weighted by atomic mass is 35.5. The molecule has 0 bridgehead atoms. The van der Waals surface area contributed by atoms with E-state index in [9.17, 15) is 4.91 Å². The van der Waals surface area contributed by atoms with E-state index in [1.807, 2.05) is 0 Å². The number of hydrogen-bond acceptors (Lipinski definition) is 4. The van der Waals surface area contributed by atoms with Gasteiger partial charge < -0.3 is 15.2 Å². The maximum absolute atomic E-state index is 11.7. The molecule has 0 fully saturated rings. The molecule has 6 heteroatoms. The van der Waals surface area contributed by atoms with Crippen LogP contribution in [0.1, 0.15) is 6.42 Å². The summed E-state index contributed by atoms with van der Waals surface area (Å²) in [7, 11) is 1.56. The molecule has 88 valence electrons. The van der Waals surface area contributed by atoms with Crippen LogP contribution in [0.4, 0.5) is 5.69 Å². The zero-order chi connectivity index (χ0) is 10.8. The van der Waals surface area contributed by atoms with Gasteiger partial charge in [0.25, 0.3) is 0 Å². The van der Waals surface area contributed by atoms with Crippen LogP contribution in [0.2, 0.25) is 0 Å². The van der Waals surface area contributed by atoms with Crippen molar-refractivity contribution >= 4 is 18.1 Å². The van der Waals surface area contributed by atoms with Gasteiger partial charge in [0.05, 0.1) is 24.4 Å². The lowest BCUT2D eigenvalue weighted by molar-refractivity contribution is -0.529. The second-order valence-corrected chi connectivity index (χ2v) is 3.31. The van der Waals surface area contributed by atoms with Crippen LogP contribution in [0, 0.1) is 4.91 Å². The van der Waals surface area contributed by atoms with Gasteiger partial charge in [0, 0.05) is 11.5 Å². The molecule has 2 rings (SSSR count). The molecule has 0 amide bonds. The van der Waals surface area contributed by atoms with Crippen molar-refractivity contribution in [2.75, 3.05) is 13.7 Å². The minimum absolute atomic E-state index is 0. The van der Waals surface area contributed by atoms with Crippen LogP contribution in [0.3, 0.4) is 0 Å². The Hall–Kier alpha value is -1.33. The number of hydrogen-bond donors (Lipinski definition) is 1. The first-order chi connectivity index (χ1) is 7.26. The van der Waals surface area contributed by atoms with Gasteiger partial charge in [-0.25, -0.2) is 0 Å². The maximum Gasteiger partial charge on any atom is 0.351 e. The summed E-state index contributed by atoms with van der Waals surface area (Å²) in [5.74, 6) is 1.23. The summed E-state index contributed by atoms with van der Waals surface area (Å²) in [5.41, 5.74) is 5.90. The highest BCUT2D eigenvalue weighted by molar-refractivity contribution is 5.85. The summed E-state index contributed by atoms with van der Waals surface area (Å²) in [5, 5.41) is 0. The third-order valence-electron chi connectivity index (χ3n) is 2.34. The van der Waals surface area contributed by atoms with Crippen LogP contribution in [0.15, 0.2) is 18.2 Å². The van der Waals surface area contributed by atoms with Gasteiger partial charge in [-0.05, 0) is 12.1 Å². The fraction of sp³-hybridized carbons (Fsp3) is 0.400. The summed E-state index contributed by atoms with van der Waals surface area (Å²) in [6, 6.07) is 5.16. The van der Waals surface area contributed by atoms with Crippen LogP contribution >= 0.6 is 12.4 Å². The Balaban J connectivity index is 0.00000128. The Labute approximate surface area is 99.5 Å². The van der Waals surface area contributed by atoms with Crippen LogP contribution in [-0.4, -0.2) is 24.6 Å². The molecule has 16 heavy (non-hydrogen) atoms. The predicted octanol–water partition coefficient (Wildman–Crippen LogP) is 1.59. The van der Waals surface area contributed by atoms with Gasteiger partial charge in [-0.15, -0.1) is 12.4 Å². The molecule has 0 radical (unpaired) electrons. The van der Waals surface area contributed by atoms with Crippen molar-refractivity contribution < 1.29 is 14.2 Å². The Bertz CT molecular complexity index is 398. The Morgan fingerprint density at radius 2 is 2.31 bits per heavy atom. The molecule has 0 aliphatic carbocycles. The van der Waals surface area contributed by atoms with Crippen molar-refractivity contribution in [1.29, 1.82) is 0 Å². The lowest BCUT2D eigenvalue weighted by atomic mass is 10.3. The third kappa shape index (κ3) is 2.10. The molecule has 0 saturated heterocycles. The molecule has 2 N–H and O–H groups in total. The minimum atomic E-state index is -0.503. The lowest BCUT2D eigenvalue weighted by Gasteiger charge is -1.98. The van der Waals surface area contributed by atoms with Crippen molar-refractivity contribution in [1.82, 2.24) is 0 Å². The molecular formula is C10H14ClN2O3+. The number of rotatable bonds is 3. The largest absolute Gasteiger partial charge is 0.496 e. The number of nitrogens with zero attached hydrogens (tertiary/aromatic N) is 1. The first kappa shape index (κ1) is 12.7. The molecule has 1 heterocycles. The van der Waals surface area contributed by atoms with E-state index in [0.717, 1.165) is 4.76 Å². The number of fused-ring (bicyclic) bond motifs is 1. The van der Waals surface area contributed by atoms with E-state index < -0.39 is 6.23 Å².